The van der Waals surface area contributed by atoms with Crippen molar-refractivity contribution in [2.45, 2.75) is 19.4 Å². The van der Waals surface area contributed by atoms with Crippen LogP contribution in [0, 0.1) is 0 Å². The Morgan fingerprint density at radius 3 is 3.00 bits per heavy atom. The van der Waals surface area contributed by atoms with Crippen molar-refractivity contribution in [1.82, 2.24) is 20.5 Å². The summed E-state index contributed by atoms with van der Waals surface area (Å²) in [6, 6.07) is 8.25. The van der Waals surface area contributed by atoms with E-state index in [1.807, 2.05) is 12.1 Å². The Hall–Kier alpha value is -1.43. The van der Waals surface area contributed by atoms with Gasteiger partial charge in [-0.2, -0.15) is 5.10 Å². The summed E-state index contributed by atoms with van der Waals surface area (Å²) in [6.45, 7) is 1.75. The van der Waals surface area contributed by atoms with Gasteiger partial charge in [0.15, 0.2) is 0 Å². The first-order valence-corrected chi connectivity index (χ1v) is 7.75. The second-order valence-corrected chi connectivity index (χ2v) is 6.06. The average Bonchev–Trinajstić information content (AvgIpc) is 3.08. The van der Waals surface area contributed by atoms with Crippen LogP contribution in [0.25, 0.3) is 10.1 Å². The molecule has 104 valence electrons. The van der Waals surface area contributed by atoms with Crippen LogP contribution in [-0.4, -0.2) is 21.7 Å². The maximum atomic E-state index is 6.40. The van der Waals surface area contributed by atoms with E-state index in [2.05, 4.69) is 32.6 Å². The van der Waals surface area contributed by atoms with Crippen LogP contribution in [0.5, 0.6) is 0 Å². The number of fused-ring (bicyclic) bond motifs is 1. The third-order valence-corrected chi connectivity index (χ3v) is 4.83. The monoisotopic (exact) mass is 306 g/mol. The zero-order valence-electron chi connectivity index (χ0n) is 10.9. The van der Waals surface area contributed by atoms with E-state index < -0.39 is 0 Å². The van der Waals surface area contributed by atoms with E-state index in [0.717, 1.165) is 42.2 Å². The first-order chi connectivity index (χ1) is 9.84. The fourth-order valence-corrected chi connectivity index (χ4v) is 3.58. The highest BCUT2D eigenvalue weighted by Crippen LogP contribution is 2.34. The Bertz CT molecular complexity index is 678. The molecule has 1 aromatic carbocycles. The number of aryl methyl sites for hydroxylation is 1. The second-order valence-electron chi connectivity index (χ2n) is 4.55. The fraction of sp³-hybridized carbons (Fsp3) is 0.286. The summed E-state index contributed by atoms with van der Waals surface area (Å²) in [5.74, 6) is 0.937. The minimum absolute atomic E-state index is 0.814. The molecule has 2 heterocycles. The van der Waals surface area contributed by atoms with Crippen LogP contribution in [-0.2, 0) is 13.0 Å². The molecule has 6 heteroatoms. The van der Waals surface area contributed by atoms with Gasteiger partial charge in [0.05, 0.1) is 5.02 Å². The molecular formula is C14H15ClN4S. The molecule has 0 amide bonds. The summed E-state index contributed by atoms with van der Waals surface area (Å²) < 4.78 is 1.25. The number of benzene rings is 1. The lowest BCUT2D eigenvalue weighted by atomic mass is 10.2. The molecule has 0 fully saturated rings. The average molecular weight is 307 g/mol. The predicted octanol–water partition coefficient (Wildman–Crippen LogP) is 3.40. The molecule has 0 aliphatic heterocycles. The SMILES string of the molecule is Clc1c(CNCCCc2ncn[nH]2)sc2ccccc12. The molecule has 0 aliphatic rings. The second kappa shape index (κ2) is 6.35. The van der Waals surface area contributed by atoms with Crippen LogP contribution in [0.3, 0.4) is 0 Å². The number of halogens is 1. The maximum absolute atomic E-state index is 6.40. The number of hydrogen-bond donors (Lipinski definition) is 2. The van der Waals surface area contributed by atoms with E-state index in [-0.39, 0.29) is 0 Å². The minimum atomic E-state index is 0.814. The Kier molecular flexibility index (Phi) is 4.30. The van der Waals surface area contributed by atoms with Crippen molar-refractivity contribution < 1.29 is 0 Å². The van der Waals surface area contributed by atoms with Crippen LogP contribution in [0.1, 0.15) is 17.1 Å². The summed E-state index contributed by atoms with van der Waals surface area (Å²) in [5.41, 5.74) is 0. The predicted molar refractivity (Wildman–Crippen MR) is 83.2 cm³/mol. The van der Waals surface area contributed by atoms with Gasteiger partial charge >= 0.3 is 0 Å². The first-order valence-electron chi connectivity index (χ1n) is 6.55. The van der Waals surface area contributed by atoms with Crippen molar-refractivity contribution in [2.24, 2.45) is 0 Å². The van der Waals surface area contributed by atoms with Crippen LogP contribution < -0.4 is 5.32 Å². The fourth-order valence-electron chi connectivity index (χ4n) is 2.11. The van der Waals surface area contributed by atoms with E-state index in [4.69, 9.17) is 11.6 Å². The minimum Gasteiger partial charge on any atom is -0.312 e. The molecule has 0 saturated carbocycles. The number of nitrogens with one attached hydrogen (secondary N) is 2. The zero-order chi connectivity index (χ0) is 13.8. The van der Waals surface area contributed by atoms with E-state index in [0.29, 0.717) is 0 Å². The molecule has 3 rings (SSSR count). The summed E-state index contributed by atoms with van der Waals surface area (Å²) in [5, 5.41) is 12.2. The van der Waals surface area contributed by atoms with Gasteiger partial charge in [-0.1, -0.05) is 29.8 Å². The van der Waals surface area contributed by atoms with E-state index in [9.17, 15) is 0 Å². The van der Waals surface area contributed by atoms with Crippen LogP contribution in [0.15, 0.2) is 30.6 Å². The van der Waals surface area contributed by atoms with E-state index >= 15 is 0 Å². The third kappa shape index (κ3) is 3.00. The lowest BCUT2D eigenvalue weighted by Crippen LogP contribution is -2.15. The van der Waals surface area contributed by atoms with Crippen molar-refractivity contribution in [3.05, 3.63) is 46.3 Å². The Labute approximate surface area is 126 Å². The molecule has 0 saturated heterocycles. The number of H-pyrrole nitrogens is 1. The number of thiophene rings is 1. The number of aromatic nitrogens is 3. The Balaban J connectivity index is 1.51. The van der Waals surface area contributed by atoms with Crippen molar-refractivity contribution >= 4 is 33.0 Å². The first kappa shape index (κ1) is 13.5. The quantitative estimate of drug-likeness (QED) is 0.686. The van der Waals surface area contributed by atoms with Crippen molar-refractivity contribution in [3.63, 3.8) is 0 Å². The Morgan fingerprint density at radius 1 is 1.30 bits per heavy atom. The standard InChI is InChI=1S/C14H15ClN4S/c15-14-10-4-1-2-5-11(10)20-12(14)8-16-7-3-6-13-17-9-18-19-13/h1-2,4-5,9,16H,3,6-8H2,(H,17,18,19). The van der Waals surface area contributed by atoms with E-state index in [1.54, 1.807) is 17.7 Å². The lowest BCUT2D eigenvalue weighted by Gasteiger charge is -2.02. The van der Waals surface area contributed by atoms with Gasteiger partial charge in [0, 0.05) is 27.9 Å². The lowest BCUT2D eigenvalue weighted by molar-refractivity contribution is 0.644. The number of hydrogen-bond acceptors (Lipinski definition) is 4. The topological polar surface area (TPSA) is 53.6 Å². The third-order valence-electron chi connectivity index (χ3n) is 3.12. The highest BCUT2D eigenvalue weighted by atomic mass is 35.5. The molecule has 0 radical (unpaired) electrons. The number of rotatable bonds is 6. The van der Waals surface area contributed by atoms with Gasteiger partial charge < -0.3 is 5.32 Å². The largest absolute Gasteiger partial charge is 0.312 e. The summed E-state index contributed by atoms with van der Waals surface area (Å²) in [4.78, 5) is 5.30. The zero-order valence-corrected chi connectivity index (χ0v) is 12.5. The smallest absolute Gasteiger partial charge is 0.137 e. The molecule has 0 unspecified atom stereocenters. The highest BCUT2D eigenvalue weighted by molar-refractivity contribution is 7.19. The van der Waals surface area contributed by atoms with Crippen molar-refractivity contribution in [1.29, 1.82) is 0 Å². The molecule has 3 aromatic rings. The molecule has 0 aliphatic carbocycles. The summed E-state index contributed by atoms with van der Waals surface area (Å²) in [6.07, 6.45) is 3.48. The van der Waals surface area contributed by atoms with Gasteiger partial charge in [-0.05, 0) is 19.0 Å². The summed E-state index contributed by atoms with van der Waals surface area (Å²) >= 11 is 8.16. The van der Waals surface area contributed by atoms with Gasteiger partial charge in [0.2, 0.25) is 0 Å². The number of nitrogens with zero attached hydrogens (tertiary/aromatic N) is 2. The van der Waals surface area contributed by atoms with Crippen molar-refractivity contribution in [2.75, 3.05) is 6.54 Å². The van der Waals surface area contributed by atoms with Crippen LogP contribution in [0.2, 0.25) is 5.02 Å². The van der Waals surface area contributed by atoms with Gasteiger partial charge in [0.25, 0.3) is 0 Å². The van der Waals surface area contributed by atoms with Crippen molar-refractivity contribution in [3.8, 4) is 0 Å². The molecule has 0 atom stereocenters. The van der Waals surface area contributed by atoms with Crippen LogP contribution >= 0.6 is 22.9 Å². The molecule has 20 heavy (non-hydrogen) atoms. The van der Waals surface area contributed by atoms with Gasteiger partial charge in [-0.15, -0.1) is 11.3 Å². The molecular weight excluding hydrogens is 292 g/mol. The van der Waals surface area contributed by atoms with Crippen LogP contribution in [0.4, 0.5) is 0 Å². The molecule has 2 N–H and O–H groups in total. The Morgan fingerprint density at radius 2 is 2.20 bits per heavy atom. The molecule has 0 spiro atoms. The number of aromatic amines is 1. The van der Waals surface area contributed by atoms with Gasteiger partial charge in [-0.25, -0.2) is 4.98 Å². The normalized spacial score (nSPS) is 11.2. The highest BCUT2D eigenvalue weighted by Gasteiger charge is 2.08. The van der Waals surface area contributed by atoms with Gasteiger partial charge in [0.1, 0.15) is 12.2 Å². The molecule has 4 nitrogen and oxygen atoms in total. The summed E-state index contributed by atoms with van der Waals surface area (Å²) in [7, 11) is 0. The molecule has 0 bridgehead atoms. The van der Waals surface area contributed by atoms with E-state index in [1.165, 1.54) is 9.58 Å². The molecule has 2 aromatic heterocycles. The maximum Gasteiger partial charge on any atom is 0.137 e. The van der Waals surface area contributed by atoms with Gasteiger partial charge in [-0.3, -0.25) is 5.10 Å².